The number of ether oxygens (including phenoxy) is 1. The molecule has 1 rings (SSSR count). The number of alkyl carbamates (subject to hydrolysis) is 1. The number of nitrogens with zero attached hydrogens (tertiary/aromatic N) is 1. The lowest BCUT2D eigenvalue weighted by Crippen LogP contribution is -2.46. The summed E-state index contributed by atoms with van der Waals surface area (Å²) in [4.78, 5) is 29.1. The molecule has 122 valence electrons. The Labute approximate surface area is 131 Å². The maximum absolute atomic E-state index is 12.1. The molecule has 0 aliphatic carbocycles. The highest BCUT2D eigenvalue weighted by Gasteiger charge is 2.23. The molecule has 0 aromatic heterocycles. The van der Waals surface area contributed by atoms with E-state index in [-0.39, 0.29) is 12.5 Å². The summed E-state index contributed by atoms with van der Waals surface area (Å²) in [5.74, 6) is -0.359. The van der Waals surface area contributed by atoms with Crippen LogP contribution in [0.4, 0.5) is 4.79 Å². The maximum Gasteiger partial charge on any atom is 0.408 e. The number of carbonyl (C=O) groups excluding carboxylic acids is 2. The zero-order valence-electron chi connectivity index (χ0n) is 13.8. The Balaban J connectivity index is 2.43. The summed E-state index contributed by atoms with van der Waals surface area (Å²) in [7, 11) is 1.51. The van der Waals surface area contributed by atoms with Crippen molar-refractivity contribution in [3.63, 3.8) is 0 Å². The number of likely N-dealkylation sites (N-methyl/N-ethyl adjacent to an activating group) is 1. The second kappa shape index (κ2) is 7.79. The predicted molar refractivity (Wildman–Crippen MR) is 82.8 cm³/mol. The van der Waals surface area contributed by atoms with Crippen molar-refractivity contribution in [2.45, 2.75) is 45.9 Å². The molecule has 0 aliphatic rings. The lowest BCUT2D eigenvalue weighted by molar-refractivity contribution is -0.184. The van der Waals surface area contributed by atoms with Crippen molar-refractivity contribution >= 4 is 12.0 Å². The summed E-state index contributed by atoms with van der Waals surface area (Å²) in [6.45, 7) is 7.13. The van der Waals surface area contributed by atoms with Crippen LogP contribution in [-0.2, 0) is 21.0 Å². The highest BCUT2D eigenvalue weighted by Crippen LogP contribution is 2.07. The van der Waals surface area contributed by atoms with Gasteiger partial charge in [-0.25, -0.2) is 9.86 Å². The third-order valence-corrected chi connectivity index (χ3v) is 2.68. The molecule has 0 bridgehead atoms. The van der Waals surface area contributed by atoms with Gasteiger partial charge in [0.15, 0.2) is 0 Å². The van der Waals surface area contributed by atoms with Gasteiger partial charge < -0.3 is 10.1 Å². The highest BCUT2D eigenvalue weighted by molar-refractivity contribution is 5.84. The molecule has 6 heteroatoms. The molecule has 1 N–H and O–H groups in total. The van der Waals surface area contributed by atoms with E-state index >= 15 is 0 Å². The molecule has 22 heavy (non-hydrogen) atoms. The van der Waals surface area contributed by atoms with Gasteiger partial charge in [0.25, 0.3) is 5.91 Å². The van der Waals surface area contributed by atoms with Crippen LogP contribution < -0.4 is 5.32 Å². The lowest BCUT2D eigenvalue weighted by atomic mass is 10.2. The SMILES string of the molecule is C[C@H](NC(=O)OC(C)(C)C)C(=O)N(C)OCc1ccccc1. The van der Waals surface area contributed by atoms with Gasteiger partial charge in [-0.05, 0) is 33.3 Å². The number of amides is 2. The molecular formula is C16H24N2O4. The fourth-order valence-electron chi connectivity index (χ4n) is 1.63. The van der Waals surface area contributed by atoms with Gasteiger partial charge in [-0.1, -0.05) is 30.3 Å². The van der Waals surface area contributed by atoms with Crippen molar-refractivity contribution in [3.8, 4) is 0 Å². The third kappa shape index (κ3) is 6.58. The summed E-state index contributed by atoms with van der Waals surface area (Å²) < 4.78 is 5.11. The van der Waals surface area contributed by atoms with E-state index in [9.17, 15) is 9.59 Å². The smallest absolute Gasteiger partial charge is 0.408 e. The number of carbonyl (C=O) groups is 2. The fraction of sp³-hybridized carbons (Fsp3) is 0.500. The van der Waals surface area contributed by atoms with E-state index in [0.717, 1.165) is 10.6 Å². The zero-order valence-corrected chi connectivity index (χ0v) is 13.8. The predicted octanol–water partition coefficient (Wildman–Crippen LogP) is 2.49. The Morgan fingerprint density at radius 1 is 1.23 bits per heavy atom. The Morgan fingerprint density at radius 3 is 2.36 bits per heavy atom. The van der Waals surface area contributed by atoms with E-state index in [0.29, 0.717) is 0 Å². The van der Waals surface area contributed by atoms with Gasteiger partial charge in [0.1, 0.15) is 18.2 Å². The largest absolute Gasteiger partial charge is 0.444 e. The van der Waals surface area contributed by atoms with Gasteiger partial charge in [-0.2, -0.15) is 0 Å². The fourth-order valence-corrected chi connectivity index (χ4v) is 1.63. The quantitative estimate of drug-likeness (QED) is 0.849. The first kappa shape index (κ1) is 18.0. The van der Waals surface area contributed by atoms with Crippen molar-refractivity contribution in [2.75, 3.05) is 7.05 Å². The summed E-state index contributed by atoms with van der Waals surface area (Å²) >= 11 is 0. The van der Waals surface area contributed by atoms with Gasteiger partial charge in [0, 0.05) is 7.05 Å². The van der Waals surface area contributed by atoms with Gasteiger partial charge in [-0.15, -0.1) is 0 Å². The van der Waals surface area contributed by atoms with Crippen LogP contribution >= 0.6 is 0 Å². The normalized spacial score (nSPS) is 12.4. The van der Waals surface area contributed by atoms with Crippen LogP contribution in [0, 0.1) is 0 Å². The molecule has 6 nitrogen and oxygen atoms in total. The van der Waals surface area contributed by atoms with Gasteiger partial charge in [0.05, 0.1) is 0 Å². The van der Waals surface area contributed by atoms with Crippen molar-refractivity contribution < 1.29 is 19.2 Å². The Hall–Kier alpha value is -2.08. The Kier molecular flexibility index (Phi) is 6.37. The Morgan fingerprint density at radius 2 is 1.82 bits per heavy atom. The molecule has 0 fully saturated rings. The first-order valence-electron chi connectivity index (χ1n) is 7.13. The minimum atomic E-state index is -0.740. The van der Waals surface area contributed by atoms with E-state index in [2.05, 4.69) is 5.32 Å². The monoisotopic (exact) mass is 308 g/mol. The summed E-state index contributed by atoms with van der Waals surface area (Å²) in [5.41, 5.74) is 0.345. The van der Waals surface area contributed by atoms with E-state index in [1.807, 2.05) is 30.3 Å². The minimum absolute atomic E-state index is 0.280. The average Bonchev–Trinajstić information content (AvgIpc) is 2.42. The molecule has 0 unspecified atom stereocenters. The molecule has 0 aliphatic heterocycles. The number of rotatable bonds is 5. The van der Waals surface area contributed by atoms with Crippen LogP contribution in [0.15, 0.2) is 30.3 Å². The van der Waals surface area contributed by atoms with Crippen molar-refractivity contribution in [2.24, 2.45) is 0 Å². The van der Waals surface area contributed by atoms with E-state index in [4.69, 9.17) is 9.57 Å². The number of benzene rings is 1. The van der Waals surface area contributed by atoms with Gasteiger partial charge in [-0.3, -0.25) is 9.63 Å². The molecule has 0 saturated heterocycles. The third-order valence-electron chi connectivity index (χ3n) is 2.68. The summed E-state index contributed by atoms with van der Waals surface area (Å²) in [6.07, 6.45) is -0.634. The molecule has 2 amide bonds. The average molecular weight is 308 g/mol. The van der Waals surface area contributed by atoms with Gasteiger partial charge >= 0.3 is 6.09 Å². The number of hydrogen-bond acceptors (Lipinski definition) is 4. The zero-order chi connectivity index (χ0) is 16.8. The molecule has 0 saturated carbocycles. The lowest BCUT2D eigenvalue weighted by Gasteiger charge is -2.24. The molecule has 0 spiro atoms. The van der Waals surface area contributed by atoms with Crippen molar-refractivity contribution in [1.29, 1.82) is 0 Å². The number of nitrogens with one attached hydrogen (secondary N) is 1. The molecular weight excluding hydrogens is 284 g/mol. The van der Waals surface area contributed by atoms with Crippen molar-refractivity contribution in [1.82, 2.24) is 10.4 Å². The molecule has 0 radical (unpaired) electrons. The minimum Gasteiger partial charge on any atom is -0.444 e. The first-order chi connectivity index (χ1) is 10.2. The van der Waals surface area contributed by atoms with Crippen molar-refractivity contribution in [3.05, 3.63) is 35.9 Å². The molecule has 0 heterocycles. The topological polar surface area (TPSA) is 67.9 Å². The van der Waals surface area contributed by atoms with Crippen LogP contribution in [0.1, 0.15) is 33.3 Å². The number of hydroxylamine groups is 2. The van der Waals surface area contributed by atoms with Crippen LogP contribution in [0.3, 0.4) is 0 Å². The van der Waals surface area contributed by atoms with E-state index in [1.54, 1.807) is 27.7 Å². The molecule has 1 aromatic carbocycles. The Bertz CT molecular complexity index is 497. The number of hydrogen-bond donors (Lipinski definition) is 1. The molecule has 1 atom stereocenters. The van der Waals surface area contributed by atoms with E-state index in [1.165, 1.54) is 7.05 Å². The van der Waals surface area contributed by atoms with Crippen LogP contribution in [0.2, 0.25) is 0 Å². The van der Waals surface area contributed by atoms with Gasteiger partial charge in [0.2, 0.25) is 0 Å². The summed E-state index contributed by atoms with van der Waals surface area (Å²) in [6, 6.07) is 8.77. The second-order valence-corrected chi connectivity index (χ2v) is 5.96. The molecule has 1 aromatic rings. The highest BCUT2D eigenvalue weighted by atomic mass is 16.7. The first-order valence-corrected chi connectivity index (χ1v) is 7.13. The second-order valence-electron chi connectivity index (χ2n) is 5.96. The summed E-state index contributed by atoms with van der Waals surface area (Å²) in [5, 5.41) is 3.60. The van der Waals surface area contributed by atoms with Crippen LogP contribution in [0.25, 0.3) is 0 Å². The standard InChI is InChI=1S/C16H24N2O4/c1-12(17-15(20)22-16(2,3)4)14(19)18(5)21-11-13-9-7-6-8-10-13/h6-10,12H,11H2,1-5H3,(H,17,20)/t12-/m0/s1. The maximum atomic E-state index is 12.1. The van der Waals surface area contributed by atoms with E-state index < -0.39 is 17.7 Å². The van der Waals surface area contributed by atoms with Crippen LogP contribution in [-0.4, -0.2) is 35.8 Å². The van der Waals surface area contributed by atoms with Crippen LogP contribution in [0.5, 0.6) is 0 Å².